The third-order valence-corrected chi connectivity index (χ3v) is 4.96. The Balaban J connectivity index is 2.06. The molecule has 0 aliphatic carbocycles. The van der Waals surface area contributed by atoms with Crippen molar-refractivity contribution in [2.24, 2.45) is 0 Å². The van der Waals surface area contributed by atoms with Gasteiger partial charge in [-0.3, -0.25) is 0 Å². The molecular formula is C13H21N3S. The average molecular weight is 251 g/mol. The minimum absolute atomic E-state index is 0.690. The third kappa shape index (κ3) is 2.87. The number of likely N-dealkylation sites (tertiary alicyclic amines) is 1. The molecule has 0 spiro atoms. The number of hydrogen-bond donors (Lipinski definition) is 2. The van der Waals surface area contributed by atoms with E-state index in [1.807, 2.05) is 17.8 Å². The van der Waals surface area contributed by atoms with Crippen LogP contribution in [0.1, 0.15) is 18.4 Å². The van der Waals surface area contributed by atoms with E-state index >= 15 is 0 Å². The van der Waals surface area contributed by atoms with Crippen molar-refractivity contribution < 1.29 is 0 Å². The van der Waals surface area contributed by atoms with E-state index in [1.165, 1.54) is 30.8 Å². The van der Waals surface area contributed by atoms with Crippen molar-refractivity contribution in [1.29, 1.82) is 0 Å². The van der Waals surface area contributed by atoms with Crippen LogP contribution < -0.4 is 11.5 Å². The van der Waals surface area contributed by atoms with Gasteiger partial charge in [-0.2, -0.15) is 0 Å². The van der Waals surface area contributed by atoms with Crippen LogP contribution in [0.5, 0.6) is 0 Å². The molecule has 1 heterocycles. The minimum Gasteiger partial charge on any atom is -0.397 e. The monoisotopic (exact) mass is 251 g/mol. The zero-order valence-corrected chi connectivity index (χ0v) is 11.4. The first-order valence-electron chi connectivity index (χ1n) is 6.07. The highest BCUT2D eigenvalue weighted by molar-refractivity contribution is 8.00. The molecule has 1 aromatic rings. The maximum atomic E-state index is 5.96. The second kappa shape index (κ2) is 5.19. The average Bonchev–Trinajstić information content (AvgIpc) is 2.33. The van der Waals surface area contributed by atoms with Gasteiger partial charge < -0.3 is 16.4 Å². The summed E-state index contributed by atoms with van der Waals surface area (Å²) in [6.45, 7) is 4.45. The van der Waals surface area contributed by atoms with Gasteiger partial charge in [0.15, 0.2) is 0 Å². The molecule has 1 fully saturated rings. The van der Waals surface area contributed by atoms with Crippen molar-refractivity contribution in [3.05, 3.63) is 17.7 Å². The van der Waals surface area contributed by atoms with E-state index in [0.29, 0.717) is 10.9 Å². The molecule has 1 aliphatic rings. The molecule has 2 rings (SSSR count). The SMILES string of the molecule is Cc1c(SC2CCN(C)CC2)ccc(N)c1N. The Hall–Kier alpha value is -0.870. The van der Waals surface area contributed by atoms with Crippen molar-refractivity contribution in [2.45, 2.75) is 29.9 Å². The lowest BCUT2D eigenvalue weighted by atomic mass is 10.1. The van der Waals surface area contributed by atoms with Crippen LogP contribution in [-0.4, -0.2) is 30.3 Å². The Morgan fingerprint density at radius 1 is 1.24 bits per heavy atom. The van der Waals surface area contributed by atoms with Crippen molar-refractivity contribution in [3.63, 3.8) is 0 Å². The minimum atomic E-state index is 0.690. The van der Waals surface area contributed by atoms with Crippen LogP contribution in [0.15, 0.2) is 17.0 Å². The second-order valence-corrected chi connectivity index (χ2v) is 6.15. The maximum absolute atomic E-state index is 5.96. The number of thioether (sulfide) groups is 1. The number of rotatable bonds is 2. The third-order valence-electron chi connectivity index (χ3n) is 3.46. The first-order valence-corrected chi connectivity index (χ1v) is 6.95. The fourth-order valence-corrected chi connectivity index (χ4v) is 3.38. The Kier molecular flexibility index (Phi) is 3.84. The molecule has 0 aromatic heterocycles. The Morgan fingerprint density at radius 3 is 2.53 bits per heavy atom. The Bertz CT molecular complexity index is 398. The number of nitrogens with zero attached hydrogens (tertiary/aromatic N) is 1. The summed E-state index contributed by atoms with van der Waals surface area (Å²) in [5.74, 6) is 0. The fraction of sp³-hybridized carbons (Fsp3) is 0.538. The van der Waals surface area contributed by atoms with Gasteiger partial charge in [0.05, 0.1) is 11.4 Å². The lowest BCUT2D eigenvalue weighted by molar-refractivity contribution is 0.282. The van der Waals surface area contributed by atoms with Crippen LogP contribution in [0.25, 0.3) is 0 Å². The van der Waals surface area contributed by atoms with Crippen LogP contribution in [-0.2, 0) is 0 Å². The molecule has 3 nitrogen and oxygen atoms in total. The van der Waals surface area contributed by atoms with Gasteiger partial charge in [-0.05, 0) is 57.6 Å². The highest BCUT2D eigenvalue weighted by Crippen LogP contribution is 2.35. The molecular weight excluding hydrogens is 230 g/mol. The van der Waals surface area contributed by atoms with Gasteiger partial charge in [0.25, 0.3) is 0 Å². The van der Waals surface area contributed by atoms with Crippen LogP contribution in [0.3, 0.4) is 0 Å². The van der Waals surface area contributed by atoms with Crippen LogP contribution >= 0.6 is 11.8 Å². The highest BCUT2D eigenvalue weighted by Gasteiger charge is 2.18. The zero-order chi connectivity index (χ0) is 12.4. The van der Waals surface area contributed by atoms with Crippen LogP contribution in [0.4, 0.5) is 11.4 Å². The molecule has 4 heteroatoms. The van der Waals surface area contributed by atoms with Crippen LogP contribution in [0.2, 0.25) is 0 Å². The van der Waals surface area contributed by atoms with Crippen LogP contribution in [0, 0.1) is 6.92 Å². The molecule has 0 atom stereocenters. The van der Waals surface area contributed by atoms with Gasteiger partial charge in [-0.15, -0.1) is 11.8 Å². The number of piperidine rings is 1. The Morgan fingerprint density at radius 2 is 1.88 bits per heavy atom. The summed E-state index contributed by atoms with van der Waals surface area (Å²) in [6.07, 6.45) is 2.51. The summed E-state index contributed by atoms with van der Waals surface area (Å²) in [7, 11) is 2.19. The number of benzene rings is 1. The van der Waals surface area contributed by atoms with E-state index < -0.39 is 0 Å². The second-order valence-electron chi connectivity index (χ2n) is 4.81. The molecule has 1 saturated heterocycles. The molecule has 0 saturated carbocycles. The molecule has 0 unspecified atom stereocenters. The summed E-state index contributed by atoms with van der Waals surface area (Å²) in [5, 5.41) is 0.716. The highest BCUT2D eigenvalue weighted by atomic mass is 32.2. The van der Waals surface area contributed by atoms with E-state index in [9.17, 15) is 0 Å². The van der Waals surface area contributed by atoms with E-state index in [0.717, 1.165) is 11.3 Å². The van der Waals surface area contributed by atoms with Gasteiger partial charge in [0.1, 0.15) is 0 Å². The smallest absolute Gasteiger partial charge is 0.0588 e. The molecule has 0 radical (unpaired) electrons. The zero-order valence-electron chi connectivity index (χ0n) is 10.6. The molecule has 1 aromatic carbocycles. The van der Waals surface area contributed by atoms with Crippen molar-refractivity contribution in [3.8, 4) is 0 Å². The summed E-state index contributed by atoms with van der Waals surface area (Å²) in [6, 6.07) is 4.02. The van der Waals surface area contributed by atoms with Crippen molar-refractivity contribution in [2.75, 3.05) is 31.6 Å². The van der Waals surface area contributed by atoms with E-state index in [4.69, 9.17) is 11.5 Å². The fourth-order valence-electron chi connectivity index (χ4n) is 2.14. The van der Waals surface area contributed by atoms with Gasteiger partial charge in [-0.25, -0.2) is 0 Å². The predicted octanol–water partition coefficient (Wildman–Crippen LogP) is 2.35. The number of anilines is 2. The maximum Gasteiger partial charge on any atom is 0.0588 e. The topological polar surface area (TPSA) is 55.3 Å². The first kappa shape index (κ1) is 12.6. The summed E-state index contributed by atoms with van der Waals surface area (Å²) in [4.78, 5) is 3.67. The molecule has 0 amide bonds. The number of nitrogen functional groups attached to an aromatic ring is 2. The molecule has 1 aliphatic heterocycles. The summed E-state index contributed by atoms with van der Waals surface area (Å²) < 4.78 is 0. The van der Waals surface area contributed by atoms with Crippen molar-refractivity contribution >= 4 is 23.1 Å². The Labute approximate surface area is 108 Å². The molecule has 4 N–H and O–H groups in total. The molecule has 94 valence electrons. The first-order chi connectivity index (χ1) is 8.08. The molecule has 17 heavy (non-hydrogen) atoms. The van der Waals surface area contributed by atoms with Gasteiger partial charge in [-0.1, -0.05) is 0 Å². The van der Waals surface area contributed by atoms with Gasteiger partial charge >= 0.3 is 0 Å². The molecule has 0 bridgehead atoms. The largest absolute Gasteiger partial charge is 0.397 e. The number of nitrogens with two attached hydrogens (primary N) is 2. The van der Waals surface area contributed by atoms with E-state index in [1.54, 1.807) is 0 Å². The standard InChI is InChI=1S/C13H21N3S/c1-9-12(4-3-11(14)13(9)15)17-10-5-7-16(2)8-6-10/h3-4,10H,5-8,14-15H2,1-2H3. The number of hydrogen-bond acceptors (Lipinski definition) is 4. The summed E-state index contributed by atoms with van der Waals surface area (Å²) in [5.41, 5.74) is 14.3. The van der Waals surface area contributed by atoms with Crippen molar-refractivity contribution in [1.82, 2.24) is 4.90 Å². The van der Waals surface area contributed by atoms with E-state index in [2.05, 4.69) is 24.9 Å². The predicted molar refractivity (Wildman–Crippen MR) is 76.4 cm³/mol. The lowest BCUT2D eigenvalue weighted by Gasteiger charge is -2.29. The van der Waals surface area contributed by atoms with Gasteiger partial charge in [0.2, 0.25) is 0 Å². The van der Waals surface area contributed by atoms with E-state index in [-0.39, 0.29) is 0 Å². The normalized spacial score (nSPS) is 18.5. The quantitative estimate of drug-likeness (QED) is 0.792. The summed E-state index contributed by atoms with van der Waals surface area (Å²) >= 11 is 1.95. The van der Waals surface area contributed by atoms with Gasteiger partial charge in [0, 0.05) is 10.1 Å². The lowest BCUT2D eigenvalue weighted by Crippen LogP contribution is -2.31.